The fourth-order valence-electron chi connectivity index (χ4n) is 2.78. The fourth-order valence-corrected chi connectivity index (χ4v) is 3.42. The van der Waals surface area contributed by atoms with Crippen molar-refractivity contribution in [3.05, 3.63) is 27.6 Å². The van der Waals surface area contributed by atoms with Crippen LogP contribution in [0.15, 0.2) is 18.2 Å². The topological polar surface area (TPSA) is 27.1 Å². The summed E-state index contributed by atoms with van der Waals surface area (Å²) in [5.74, 6) is 1.65. The highest BCUT2D eigenvalue weighted by Gasteiger charge is 2.19. The van der Waals surface area contributed by atoms with Crippen LogP contribution in [-0.4, -0.2) is 22.8 Å². The van der Waals surface area contributed by atoms with E-state index in [1.54, 1.807) is 0 Å². The molecule has 3 rings (SSSR count). The third kappa shape index (κ3) is 2.97. The molecule has 1 aromatic carbocycles. The second-order valence-electron chi connectivity index (χ2n) is 5.39. The first-order valence-electron chi connectivity index (χ1n) is 7.02. The second kappa shape index (κ2) is 6.20. The number of fused-ring (bicyclic) bond motifs is 1. The van der Waals surface area contributed by atoms with Crippen molar-refractivity contribution in [3.8, 4) is 0 Å². The lowest BCUT2D eigenvalue weighted by molar-refractivity contribution is 0.183. The minimum Gasteiger partial charge on any atom is -0.381 e. The molecule has 2 unspecified atom stereocenters. The molecule has 1 saturated heterocycles. The van der Waals surface area contributed by atoms with Crippen LogP contribution < -0.4 is 0 Å². The maximum Gasteiger partial charge on any atom is 0.127 e. The summed E-state index contributed by atoms with van der Waals surface area (Å²) in [5.41, 5.74) is 2.23. The SMILES string of the molecule is CC(Cl)c1nc2cc(I)ccc2n1CCC1CCOC1. The lowest BCUT2D eigenvalue weighted by Gasteiger charge is -2.13. The van der Waals surface area contributed by atoms with Gasteiger partial charge in [0, 0.05) is 23.3 Å². The second-order valence-corrected chi connectivity index (χ2v) is 7.29. The number of ether oxygens (including phenoxy) is 1. The molecule has 1 aliphatic rings. The average Bonchev–Trinajstić information content (AvgIpc) is 3.02. The van der Waals surface area contributed by atoms with E-state index in [9.17, 15) is 0 Å². The number of aromatic nitrogens is 2. The van der Waals surface area contributed by atoms with Gasteiger partial charge in [0.25, 0.3) is 0 Å². The van der Waals surface area contributed by atoms with Gasteiger partial charge in [-0.15, -0.1) is 11.6 Å². The number of alkyl halides is 1. The standard InChI is InChI=1S/C15H18ClIN2O/c1-10(16)15-18-13-8-12(17)2-3-14(13)19(15)6-4-11-5-7-20-9-11/h2-3,8,10-11H,4-7,9H2,1H3. The van der Waals surface area contributed by atoms with Crippen molar-refractivity contribution in [3.63, 3.8) is 0 Å². The summed E-state index contributed by atoms with van der Waals surface area (Å²) in [4.78, 5) is 4.71. The Morgan fingerprint density at radius 1 is 1.55 bits per heavy atom. The molecule has 0 spiro atoms. The van der Waals surface area contributed by atoms with Gasteiger partial charge >= 0.3 is 0 Å². The number of halogens is 2. The van der Waals surface area contributed by atoms with Gasteiger partial charge in [-0.1, -0.05) is 0 Å². The van der Waals surface area contributed by atoms with Crippen molar-refractivity contribution in [2.75, 3.05) is 13.2 Å². The minimum absolute atomic E-state index is 0.0695. The Labute approximate surface area is 137 Å². The van der Waals surface area contributed by atoms with E-state index in [0.717, 1.165) is 37.5 Å². The zero-order valence-electron chi connectivity index (χ0n) is 11.5. The normalized spacial score (nSPS) is 20.6. The Hall–Kier alpha value is -0.330. The number of hydrogen-bond donors (Lipinski definition) is 0. The Morgan fingerprint density at radius 3 is 3.10 bits per heavy atom. The van der Waals surface area contributed by atoms with Crippen molar-refractivity contribution in [1.29, 1.82) is 0 Å². The quantitative estimate of drug-likeness (QED) is 0.559. The highest BCUT2D eigenvalue weighted by molar-refractivity contribution is 14.1. The molecule has 0 radical (unpaired) electrons. The number of benzene rings is 1. The maximum absolute atomic E-state index is 6.31. The molecule has 0 N–H and O–H groups in total. The zero-order chi connectivity index (χ0) is 14.1. The van der Waals surface area contributed by atoms with Crippen molar-refractivity contribution in [2.24, 2.45) is 5.92 Å². The molecule has 20 heavy (non-hydrogen) atoms. The number of imidazole rings is 1. The van der Waals surface area contributed by atoms with Crippen molar-refractivity contribution < 1.29 is 4.74 Å². The van der Waals surface area contributed by atoms with E-state index < -0.39 is 0 Å². The Morgan fingerprint density at radius 2 is 2.40 bits per heavy atom. The van der Waals surface area contributed by atoms with Gasteiger partial charge in [0.2, 0.25) is 0 Å². The van der Waals surface area contributed by atoms with Crippen LogP contribution in [0.2, 0.25) is 0 Å². The summed E-state index contributed by atoms with van der Waals surface area (Å²) in [6.07, 6.45) is 2.31. The van der Waals surface area contributed by atoms with Gasteiger partial charge in [0.15, 0.2) is 0 Å². The van der Waals surface area contributed by atoms with Crippen LogP contribution in [-0.2, 0) is 11.3 Å². The van der Waals surface area contributed by atoms with Crippen LogP contribution in [0.1, 0.15) is 31.0 Å². The Bertz CT molecular complexity index is 605. The smallest absolute Gasteiger partial charge is 0.127 e. The highest BCUT2D eigenvalue weighted by atomic mass is 127. The molecular formula is C15H18ClIN2O. The minimum atomic E-state index is -0.0695. The van der Waals surface area contributed by atoms with E-state index >= 15 is 0 Å². The molecule has 5 heteroatoms. The molecule has 0 aliphatic carbocycles. The van der Waals surface area contributed by atoms with Crippen LogP contribution in [0.25, 0.3) is 11.0 Å². The Balaban J connectivity index is 1.91. The summed E-state index contributed by atoms with van der Waals surface area (Å²) >= 11 is 8.62. The van der Waals surface area contributed by atoms with E-state index in [1.807, 2.05) is 6.92 Å². The van der Waals surface area contributed by atoms with Gasteiger partial charge in [-0.05, 0) is 66.5 Å². The van der Waals surface area contributed by atoms with Crippen molar-refractivity contribution in [2.45, 2.75) is 31.7 Å². The lowest BCUT2D eigenvalue weighted by atomic mass is 10.1. The third-order valence-electron chi connectivity index (χ3n) is 3.88. The molecule has 2 atom stereocenters. The summed E-state index contributed by atoms with van der Waals surface area (Å²) in [7, 11) is 0. The first-order chi connectivity index (χ1) is 9.65. The fraction of sp³-hybridized carbons (Fsp3) is 0.533. The van der Waals surface area contributed by atoms with Crippen molar-refractivity contribution >= 4 is 45.2 Å². The summed E-state index contributed by atoms with van der Waals surface area (Å²) < 4.78 is 8.94. The van der Waals surface area contributed by atoms with E-state index in [2.05, 4.69) is 45.4 Å². The Kier molecular flexibility index (Phi) is 4.52. The number of hydrogen-bond acceptors (Lipinski definition) is 2. The van der Waals surface area contributed by atoms with Gasteiger partial charge in [-0.25, -0.2) is 4.98 Å². The van der Waals surface area contributed by atoms with Crippen molar-refractivity contribution in [1.82, 2.24) is 9.55 Å². The lowest BCUT2D eigenvalue weighted by Crippen LogP contribution is -2.09. The summed E-state index contributed by atoms with van der Waals surface area (Å²) in [6, 6.07) is 6.40. The van der Waals surface area contributed by atoms with E-state index in [-0.39, 0.29) is 5.38 Å². The summed E-state index contributed by atoms with van der Waals surface area (Å²) in [5, 5.41) is -0.0695. The highest BCUT2D eigenvalue weighted by Crippen LogP contribution is 2.27. The maximum atomic E-state index is 6.31. The van der Waals surface area contributed by atoms with Crippen LogP contribution in [0.3, 0.4) is 0 Å². The van der Waals surface area contributed by atoms with Crippen LogP contribution >= 0.6 is 34.2 Å². The zero-order valence-corrected chi connectivity index (χ0v) is 14.4. The summed E-state index contributed by atoms with van der Waals surface area (Å²) in [6.45, 7) is 4.77. The number of aryl methyl sites for hydroxylation is 1. The molecule has 0 bridgehead atoms. The predicted molar refractivity (Wildman–Crippen MR) is 90.3 cm³/mol. The first-order valence-corrected chi connectivity index (χ1v) is 8.54. The molecule has 108 valence electrons. The first kappa shape index (κ1) is 14.6. The molecule has 2 heterocycles. The molecule has 1 aliphatic heterocycles. The number of rotatable bonds is 4. The van der Waals surface area contributed by atoms with E-state index in [1.165, 1.54) is 15.5 Å². The van der Waals surface area contributed by atoms with Crippen LogP contribution in [0, 0.1) is 9.49 Å². The molecule has 1 fully saturated rings. The molecule has 1 aromatic heterocycles. The number of nitrogens with zero attached hydrogens (tertiary/aromatic N) is 2. The molecule has 3 nitrogen and oxygen atoms in total. The van der Waals surface area contributed by atoms with Gasteiger partial charge in [-0.2, -0.15) is 0 Å². The van der Waals surface area contributed by atoms with Crippen LogP contribution in [0.4, 0.5) is 0 Å². The molecule has 2 aromatic rings. The van der Waals surface area contributed by atoms with E-state index in [0.29, 0.717) is 5.92 Å². The average molecular weight is 405 g/mol. The molecule has 0 saturated carbocycles. The molecular weight excluding hydrogens is 387 g/mol. The predicted octanol–water partition coefficient (Wildman–Crippen LogP) is 4.37. The van der Waals surface area contributed by atoms with Gasteiger partial charge < -0.3 is 9.30 Å². The van der Waals surface area contributed by atoms with Crippen LogP contribution in [0.5, 0.6) is 0 Å². The van der Waals surface area contributed by atoms with Gasteiger partial charge in [-0.3, -0.25) is 0 Å². The van der Waals surface area contributed by atoms with Gasteiger partial charge in [0.1, 0.15) is 5.82 Å². The van der Waals surface area contributed by atoms with E-state index in [4.69, 9.17) is 21.3 Å². The largest absolute Gasteiger partial charge is 0.381 e. The third-order valence-corrected chi connectivity index (χ3v) is 4.75. The molecule has 0 amide bonds. The van der Waals surface area contributed by atoms with Gasteiger partial charge in [0.05, 0.1) is 16.4 Å². The monoisotopic (exact) mass is 404 g/mol.